The normalized spacial score (nSPS) is 10.5. The lowest BCUT2D eigenvalue weighted by Crippen LogP contribution is -2.25. The minimum atomic E-state index is -0.294. The van der Waals surface area contributed by atoms with Crippen LogP contribution < -0.4 is 19.5 Å². The topological polar surface area (TPSA) is 90.4 Å². The molecule has 0 saturated heterocycles. The van der Waals surface area contributed by atoms with E-state index in [1.807, 2.05) is 41.8 Å². The maximum Gasteiger partial charge on any atom is 0.251 e. The van der Waals surface area contributed by atoms with Crippen LogP contribution in [0.4, 0.5) is 0 Å². The Morgan fingerprint density at radius 3 is 2.43 bits per heavy atom. The molecule has 0 unspecified atom stereocenters. The van der Waals surface area contributed by atoms with Crippen molar-refractivity contribution in [2.24, 2.45) is 0 Å². The van der Waals surface area contributed by atoms with Gasteiger partial charge in [-0.05, 0) is 36.8 Å². The van der Waals surface area contributed by atoms with E-state index in [1.165, 1.54) is 14.2 Å². The zero-order valence-corrected chi connectivity index (χ0v) is 17.9. The molecule has 2 aromatic carbocycles. The Hall–Kier alpha value is -3.33. The summed E-state index contributed by atoms with van der Waals surface area (Å²) < 4.78 is 19.2. The first kappa shape index (κ1) is 21.4. The molecule has 2 N–H and O–H groups in total. The Morgan fingerprint density at radius 2 is 1.83 bits per heavy atom. The molecule has 0 aliphatic heterocycles. The molecule has 0 atom stereocenters. The van der Waals surface area contributed by atoms with E-state index in [0.717, 1.165) is 5.56 Å². The monoisotopic (exact) mass is 428 g/mol. The maximum atomic E-state index is 12.7. The molecule has 0 saturated carbocycles. The molecule has 0 bridgehead atoms. The first-order valence-corrected chi connectivity index (χ1v) is 9.83. The molecule has 3 aromatic rings. The summed E-state index contributed by atoms with van der Waals surface area (Å²) in [6.07, 6.45) is 0. The third kappa shape index (κ3) is 4.80. The summed E-state index contributed by atoms with van der Waals surface area (Å²) in [7, 11) is 3.04. The molecule has 1 aromatic heterocycles. The van der Waals surface area contributed by atoms with Crippen LogP contribution >= 0.6 is 12.2 Å². The van der Waals surface area contributed by atoms with Crippen LogP contribution in [0.3, 0.4) is 0 Å². The molecular formula is C21H24N4O4S. The van der Waals surface area contributed by atoms with Crippen molar-refractivity contribution < 1.29 is 19.0 Å². The molecular weight excluding hydrogens is 404 g/mol. The van der Waals surface area contributed by atoms with Crippen molar-refractivity contribution in [2.75, 3.05) is 14.2 Å². The zero-order valence-electron chi connectivity index (χ0n) is 17.1. The number of hydrogen-bond acceptors (Lipinski definition) is 6. The van der Waals surface area contributed by atoms with Crippen molar-refractivity contribution >= 4 is 18.1 Å². The molecule has 0 aliphatic rings. The smallest absolute Gasteiger partial charge is 0.251 e. The van der Waals surface area contributed by atoms with E-state index in [2.05, 4.69) is 15.5 Å². The van der Waals surface area contributed by atoms with Crippen LogP contribution in [0.2, 0.25) is 0 Å². The van der Waals surface area contributed by atoms with Crippen LogP contribution in [0, 0.1) is 4.77 Å². The second-order valence-corrected chi connectivity index (χ2v) is 6.74. The van der Waals surface area contributed by atoms with E-state index in [0.29, 0.717) is 46.6 Å². The third-order valence-electron chi connectivity index (χ3n) is 4.51. The first-order chi connectivity index (χ1) is 14.6. The Morgan fingerprint density at radius 1 is 1.17 bits per heavy atom. The van der Waals surface area contributed by atoms with Crippen LogP contribution in [0.25, 0.3) is 0 Å². The molecule has 0 aliphatic carbocycles. The Labute approximate surface area is 179 Å². The SMILES string of the molecule is CCn1c(CNC(=O)c2cc(OC)c(OCc3ccccc3)c(OC)c2)n[nH]c1=S. The molecule has 9 heteroatoms. The minimum Gasteiger partial charge on any atom is -0.493 e. The van der Waals surface area contributed by atoms with Gasteiger partial charge in [0.05, 0.1) is 20.8 Å². The summed E-state index contributed by atoms with van der Waals surface area (Å²) in [5, 5.41) is 9.72. The Bertz CT molecular complexity index is 1040. The van der Waals surface area contributed by atoms with E-state index in [1.54, 1.807) is 12.1 Å². The highest BCUT2D eigenvalue weighted by Gasteiger charge is 2.18. The third-order valence-corrected chi connectivity index (χ3v) is 4.82. The summed E-state index contributed by atoms with van der Waals surface area (Å²) in [6.45, 7) is 3.20. The highest BCUT2D eigenvalue weighted by molar-refractivity contribution is 7.71. The van der Waals surface area contributed by atoms with Gasteiger partial charge in [0.2, 0.25) is 5.75 Å². The largest absolute Gasteiger partial charge is 0.493 e. The number of nitrogens with one attached hydrogen (secondary N) is 2. The molecule has 3 rings (SSSR count). The second kappa shape index (κ2) is 9.93. The van der Waals surface area contributed by atoms with E-state index in [9.17, 15) is 4.79 Å². The molecule has 8 nitrogen and oxygen atoms in total. The van der Waals surface area contributed by atoms with E-state index >= 15 is 0 Å². The molecule has 0 fully saturated rings. The highest BCUT2D eigenvalue weighted by atomic mass is 32.1. The van der Waals surface area contributed by atoms with Crippen LogP contribution in [0.5, 0.6) is 17.2 Å². The van der Waals surface area contributed by atoms with Gasteiger partial charge in [-0.1, -0.05) is 30.3 Å². The van der Waals surface area contributed by atoms with E-state index < -0.39 is 0 Å². The van der Waals surface area contributed by atoms with Gasteiger partial charge in [-0.25, -0.2) is 0 Å². The van der Waals surface area contributed by atoms with E-state index in [4.69, 9.17) is 26.4 Å². The number of carbonyl (C=O) groups is 1. The summed E-state index contributed by atoms with van der Waals surface area (Å²) in [4.78, 5) is 12.7. The fourth-order valence-electron chi connectivity index (χ4n) is 2.96. The Balaban J connectivity index is 1.78. The number of methoxy groups -OCH3 is 2. The van der Waals surface area contributed by atoms with E-state index in [-0.39, 0.29) is 12.5 Å². The number of carbonyl (C=O) groups excluding carboxylic acids is 1. The number of amides is 1. The van der Waals surface area contributed by atoms with Crippen molar-refractivity contribution in [3.8, 4) is 17.2 Å². The van der Waals surface area contributed by atoms with Gasteiger partial charge in [-0.3, -0.25) is 9.89 Å². The molecule has 158 valence electrons. The number of benzene rings is 2. The first-order valence-electron chi connectivity index (χ1n) is 9.42. The highest BCUT2D eigenvalue weighted by Crippen LogP contribution is 2.39. The Kier molecular flexibility index (Phi) is 7.08. The number of aromatic nitrogens is 3. The quantitative estimate of drug-likeness (QED) is 0.507. The maximum absolute atomic E-state index is 12.7. The number of ether oxygens (including phenoxy) is 3. The predicted octanol–water partition coefficient (Wildman–Crippen LogP) is 3.49. The van der Waals surface area contributed by atoms with Crippen molar-refractivity contribution in [3.63, 3.8) is 0 Å². The number of nitrogens with zero attached hydrogens (tertiary/aromatic N) is 2. The van der Waals surface area contributed by atoms with Crippen molar-refractivity contribution in [1.82, 2.24) is 20.1 Å². The molecule has 30 heavy (non-hydrogen) atoms. The number of H-pyrrole nitrogens is 1. The van der Waals surface area contributed by atoms with Crippen LogP contribution in [0.15, 0.2) is 42.5 Å². The predicted molar refractivity (Wildman–Crippen MR) is 115 cm³/mol. The fourth-order valence-corrected chi connectivity index (χ4v) is 3.24. The zero-order chi connectivity index (χ0) is 21.5. The molecule has 1 heterocycles. The minimum absolute atomic E-state index is 0.233. The van der Waals surface area contributed by atoms with Gasteiger partial charge in [0.25, 0.3) is 5.91 Å². The summed E-state index contributed by atoms with van der Waals surface area (Å²) in [5.41, 5.74) is 1.39. The van der Waals surface area contributed by atoms with Crippen LogP contribution in [-0.4, -0.2) is 34.9 Å². The standard InChI is InChI=1S/C21H24N4O4S/c1-4-25-18(23-24-21(25)30)12-22-20(26)15-10-16(27-2)19(17(11-15)28-3)29-13-14-8-6-5-7-9-14/h5-11H,4,12-13H2,1-3H3,(H,22,26)(H,24,30). The van der Waals surface area contributed by atoms with Crippen LogP contribution in [-0.2, 0) is 19.7 Å². The molecule has 0 radical (unpaired) electrons. The summed E-state index contributed by atoms with van der Waals surface area (Å²) >= 11 is 5.17. The fraction of sp³-hybridized carbons (Fsp3) is 0.286. The van der Waals surface area contributed by atoms with Gasteiger partial charge >= 0.3 is 0 Å². The van der Waals surface area contributed by atoms with Crippen LogP contribution in [0.1, 0.15) is 28.7 Å². The number of aromatic amines is 1. The van der Waals surface area contributed by atoms with Gasteiger partial charge in [0, 0.05) is 12.1 Å². The molecule has 0 spiro atoms. The van der Waals surface area contributed by atoms with Gasteiger partial charge < -0.3 is 24.1 Å². The van der Waals surface area contributed by atoms with Gasteiger partial charge in [-0.15, -0.1) is 0 Å². The number of rotatable bonds is 9. The average Bonchev–Trinajstić information content (AvgIpc) is 3.15. The second-order valence-electron chi connectivity index (χ2n) is 6.36. The summed E-state index contributed by atoms with van der Waals surface area (Å²) in [5.74, 6) is 1.61. The summed E-state index contributed by atoms with van der Waals surface area (Å²) in [6, 6.07) is 13.0. The van der Waals surface area contributed by atoms with Crippen molar-refractivity contribution in [2.45, 2.75) is 26.6 Å². The van der Waals surface area contributed by atoms with Gasteiger partial charge in [0.1, 0.15) is 6.61 Å². The van der Waals surface area contributed by atoms with Gasteiger partial charge in [0.15, 0.2) is 22.1 Å². The van der Waals surface area contributed by atoms with Gasteiger partial charge in [-0.2, -0.15) is 5.10 Å². The van der Waals surface area contributed by atoms with Crippen molar-refractivity contribution in [1.29, 1.82) is 0 Å². The lowest BCUT2D eigenvalue weighted by atomic mass is 10.1. The average molecular weight is 429 g/mol. The number of hydrogen-bond donors (Lipinski definition) is 2. The van der Waals surface area contributed by atoms with Crippen molar-refractivity contribution in [3.05, 3.63) is 64.2 Å². The lowest BCUT2D eigenvalue weighted by molar-refractivity contribution is 0.0948. The lowest BCUT2D eigenvalue weighted by Gasteiger charge is -2.16. The molecule has 1 amide bonds.